The largest absolute Gasteiger partial charge is 0.353 e. The van der Waals surface area contributed by atoms with E-state index in [1.54, 1.807) is 0 Å². The quantitative estimate of drug-likeness (QED) is 0.0933. The number of nitrogens with zero attached hydrogens (tertiary/aromatic N) is 3. The molecule has 42 heavy (non-hydrogen) atoms. The van der Waals surface area contributed by atoms with E-state index in [4.69, 9.17) is 14.2 Å². The first-order chi connectivity index (χ1) is 20.0. The fraction of sp³-hybridized carbons (Fsp3) is 0.727. The molecule has 0 saturated heterocycles. The van der Waals surface area contributed by atoms with E-state index in [1.807, 2.05) is 20.8 Å². The molecule has 0 fully saturated rings. The monoisotopic (exact) mass is 591 g/mol. The highest BCUT2D eigenvalue weighted by Gasteiger charge is 2.29. The molecule has 0 radical (unpaired) electrons. The smallest absolute Gasteiger partial charge is 0.340 e. The maximum absolute atomic E-state index is 14.2. The third-order valence-corrected chi connectivity index (χ3v) is 6.83. The Kier molecular flexibility index (Phi) is 18.3. The molecule has 1 rings (SSSR count). The summed E-state index contributed by atoms with van der Waals surface area (Å²) >= 11 is 0. The molecule has 1 heterocycles. The Morgan fingerprint density at radius 2 is 0.762 bits per heavy atom. The summed E-state index contributed by atoms with van der Waals surface area (Å²) in [6, 6.07) is 0. The summed E-state index contributed by atoms with van der Waals surface area (Å²) in [6.07, 6.45) is 6.59. The molecule has 9 nitrogen and oxygen atoms in total. The molecule has 0 bridgehead atoms. The van der Waals surface area contributed by atoms with Gasteiger partial charge in [-0.05, 0) is 59.3 Å². The molecular formula is C33H57N3O6. The van der Waals surface area contributed by atoms with Gasteiger partial charge in [0, 0.05) is 0 Å². The summed E-state index contributed by atoms with van der Waals surface area (Å²) in [7, 11) is 0. The highest BCUT2D eigenvalue weighted by Crippen LogP contribution is 2.20. The molecule has 0 saturated carbocycles. The Hall–Kier alpha value is -2.49. The highest BCUT2D eigenvalue weighted by atomic mass is 16.5. The summed E-state index contributed by atoms with van der Waals surface area (Å²) in [6.45, 7) is 24.1. The van der Waals surface area contributed by atoms with E-state index in [0.717, 1.165) is 88.2 Å². The van der Waals surface area contributed by atoms with Gasteiger partial charge in [0.25, 0.3) is 0 Å². The third kappa shape index (κ3) is 12.4. The van der Waals surface area contributed by atoms with Gasteiger partial charge >= 0.3 is 17.1 Å². The second kappa shape index (κ2) is 20.4. The zero-order valence-corrected chi connectivity index (χ0v) is 27.3. The molecular weight excluding hydrogens is 534 g/mol. The SMILES string of the molecule is C=C(C)COC(CCCCC)n1c(=O)n(C(CCCCC)OCC(=C)C)c(=O)n(C(CCCCC)OCC(=C)C)c1=O. The molecule has 1 aromatic rings. The number of ether oxygens (including phenoxy) is 3. The van der Waals surface area contributed by atoms with Crippen molar-refractivity contribution in [3.05, 3.63) is 67.9 Å². The Morgan fingerprint density at radius 3 is 0.952 bits per heavy atom. The number of aromatic nitrogens is 3. The van der Waals surface area contributed by atoms with E-state index in [9.17, 15) is 14.4 Å². The molecule has 3 unspecified atom stereocenters. The standard InChI is InChI=1S/C33H57N3O6/c1-10-13-16-19-28(40-22-25(4)5)34-31(37)35(29(20-17-14-11-2)41-23-26(6)7)33(39)36(32(34)38)30(21-18-15-12-3)42-24-27(8)9/h28-30H,4,6,8,10-24H2,1-3,5,7,9H3. The van der Waals surface area contributed by atoms with Crippen LogP contribution in [-0.4, -0.2) is 33.5 Å². The van der Waals surface area contributed by atoms with Gasteiger partial charge in [-0.2, -0.15) is 0 Å². The third-order valence-electron chi connectivity index (χ3n) is 6.83. The van der Waals surface area contributed by atoms with Crippen molar-refractivity contribution >= 4 is 0 Å². The van der Waals surface area contributed by atoms with Crippen LogP contribution in [0.5, 0.6) is 0 Å². The topological polar surface area (TPSA) is 93.7 Å². The van der Waals surface area contributed by atoms with E-state index in [2.05, 4.69) is 40.5 Å². The van der Waals surface area contributed by atoms with Crippen LogP contribution in [0.2, 0.25) is 0 Å². The lowest BCUT2D eigenvalue weighted by atomic mass is 10.2. The van der Waals surface area contributed by atoms with Gasteiger partial charge in [0.15, 0.2) is 0 Å². The van der Waals surface area contributed by atoms with Crippen molar-refractivity contribution in [1.29, 1.82) is 0 Å². The van der Waals surface area contributed by atoms with Gasteiger partial charge in [-0.15, -0.1) is 0 Å². The Morgan fingerprint density at radius 1 is 0.524 bits per heavy atom. The molecule has 0 amide bonds. The maximum atomic E-state index is 14.2. The van der Waals surface area contributed by atoms with Gasteiger partial charge in [-0.25, -0.2) is 28.1 Å². The van der Waals surface area contributed by atoms with Gasteiger partial charge in [0.2, 0.25) is 0 Å². The van der Waals surface area contributed by atoms with E-state index >= 15 is 0 Å². The molecule has 0 spiro atoms. The number of unbranched alkanes of at least 4 members (excludes halogenated alkanes) is 6. The first-order valence-electron chi connectivity index (χ1n) is 15.8. The van der Waals surface area contributed by atoms with Crippen LogP contribution in [0.1, 0.15) is 137 Å². The van der Waals surface area contributed by atoms with Crippen molar-refractivity contribution in [1.82, 2.24) is 13.7 Å². The molecule has 0 N–H and O–H groups in total. The fourth-order valence-electron chi connectivity index (χ4n) is 4.62. The Bertz CT molecular complexity index is 989. The first kappa shape index (κ1) is 37.5. The molecule has 0 aliphatic rings. The molecule has 9 heteroatoms. The van der Waals surface area contributed by atoms with Crippen LogP contribution in [0.3, 0.4) is 0 Å². The van der Waals surface area contributed by atoms with Crippen molar-refractivity contribution in [2.75, 3.05) is 19.8 Å². The zero-order chi connectivity index (χ0) is 31.7. The molecule has 0 aromatic carbocycles. The van der Waals surface area contributed by atoms with Crippen molar-refractivity contribution in [2.45, 2.75) is 137 Å². The Labute approximate surface area is 252 Å². The predicted molar refractivity (Wildman–Crippen MR) is 171 cm³/mol. The normalized spacial score (nSPS) is 13.6. The average Bonchev–Trinajstić information content (AvgIpc) is 2.92. The van der Waals surface area contributed by atoms with Crippen LogP contribution < -0.4 is 17.1 Å². The van der Waals surface area contributed by atoms with Crippen LogP contribution in [0.4, 0.5) is 0 Å². The second-order valence-corrected chi connectivity index (χ2v) is 11.6. The minimum atomic E-state index is -0.874. The predicted octanol–water partition coefficient (Wildman–Crippen LogP) is 7.19. The van der Waals surface area contributed by atoms with Crippen molar-refractivity contribution in [2.24, 2.45) is 0 Å². The van der Waals surface area contributed by atoms with Gasteiger partial charge in [-0.1, -0.05) is 95.8 Å². The number of hydrogen-bond donors (Lipinski definition) is 0. The van der Waals surface area contributed by atoms with Gasteiger partial charge in [0.1, 0.15) is 18.7 Å². The van der Waals surface area contributed by atoms with Crippen molar-refractivity contribution < 1.29 is 14.2 Å². The lowest BCUT2D eigenvalue weighted by Gasteiger charge is -2.28. The van der Waals surface area contributed by atoms with E-state index in [1.165, 1.54) is 0 Å². The van der Waals surface area contributed by atoms with Gasteiger partial charge in [0.05, 0.1) is 19.8 Å². The van der Waals surface area contributed by atoms with Gasteiger partial charge < -0.3 is 14.2 Å². The molecule has 240 valence electrons. The first-order valence-corrected chi connectivity index (χ1v) is 15.8. The average molecular weight is 592 g/mol. The summed E-state index contributed by atoms with van der Waals surface area (Å²) in [5.74, 6) is 0. The van der Waals surface area contributed by atoms with Crippen LogP contribution in [0.15, 0.2) is 50.8 Å². The maximum Gasteiger partial charge on any atom is 0.340 e. The van der Waals surface area contributed by atoms with Crippen molar-refractivity contribution in [3.63, 3.8) is 0 Å². The molecule has 3 atom stereocenters. The van der Waals surface area contributed by atoms with E-state index in [0.29, 0.717) is 19.3 Å². The number of rotatable bonds is 24. The second-order valence-electron chi connectivity index (χ2n) is 11.6. The summed E-state index contributed by atoms with van der Waals surface area (Å²) in [5, 5.41) is 0. The van der Waals surface area contributed by atoms with E-state index < -0.39 is 35.8 Å². The summed E-state index contributed by atoms with van der Waals surface area (Å²) in [5.41, 5.74) is 0.0876. The zero-order valence-electron chi connectivity index (χ0n) is 27.3. The minimum absolute atomic E-state index is 0.181. The minimum Gasteiger partial charge on any atom is -0.353 e. The summed E-state index contributed by atoms with van der Waals surface area (Å²) < 4.78 is 21.7. The molecule has 0 aliphatic carbocycles. The summed E-state index contributed by atoms with van der Waals surface area (Å²) in [4.78, 5) is 42.6. The van der Waals surface area contributed by atoms with E-state index in [-0.39, 0.29) is 19.8 Å². The van der Waals surface area contributed by atoms with Crippen LogP contribution >= 0.6 is 0 Å². The van der Waals surface area contributed by atoms with Crippen molar-refractivity contribution in [3.8, 4) is 0 Å². The fourth-order valence-corrected chi connectivity index (χ4v) is 4.62. The molecule has 0 aliphatic heterocycles. The molecule has 1 aromatic heterocycles. The van der Waals surface area contributed by atoms with Crippen LogP contribution in [0.25, 0.3) is 0 Å². The lowest BCUT2D eigenvalue weighted by Crippen LogP contribution is -2.58. The Balaban J connectivity index is 4.02. The highest BCUT2D eigenvalue weighted by molar-refractivity contribution is 4.91. The lowest BCUT2D eigenvalue weighted by molar-refractivity contribution is -0.0367. The van der Waals surface area contributed by atoms with Gasteiger partial charge in [-0.3, -0.25) is 0 Å². The number of hydrogen-bond acceptors (Lipinski definition) is 6. The van der Waals surface area contributed by atoms with Crippen LogP contribution in [-0.2, 0) is 14.2 Å². The van der Waals surface area contributed by atoms with Crippen LogP contribution in [0, 0.1) is 0 Å².